The molecule has 2 heterocycles. The number of hydrogen-bond donors (Lipinski definition) is 1. The molecule has 1 aromatic carbocycles. The molecular formula is C14H12BrFN4. The molecule has 1 atom stereocenters. The lowest BCUT2D eigenvalue weighted by molar-refractivity contribution is 0.623. The molecule has 0 saturated heterocycles. The van der Waals surface area contributed by atoms with Gasteiger partial charge in [-0.1, -0.05) is 12.1 Å². The third-order valence-corrected chi connectivity index (χ3v) is 3.46. The Balaban J connectivity index is 1.85. The van der Waals surface area contributed by atoms with Crippen LogP contribution >= 0.6 is 15.9 Å². The molecule has 3 aromatic rings. The molecule has 102 valence electrons. The molecule has 0 fully saturated rings. The van der Waals surface area contributed by atoms with Crippen molar-refractivity contribution in [1.29, 1.82) is 0 Å². The quantitative estimate of drug-likeness (QED) is 0.792. The van der Waals surface area contributed by atoms with E-state index < -0.39 is 0 Å². The Kier molecular flexibility index (Phi) is 3.40. The molecule has 0 amide bonds. The van der Waals surface area contributed by atoms with Crippen LogP contribution in [0.4, 0.5) is 10.3 Å². The van der Waals surface area contributed by atoms with Crippen molar-refractivity contribution in [1.82, 2.24) is 14.6 Å². The highest BCUT2D eigenvalue weighted by molar-refractivity contribution is 9.10. The number of hydrogen-bond acceptors (Lipinski definition) is 3. The maximum atomic E-state index is 13.2. The fraction of sp³-hybridized carbons (Fsp3) is 0.143. The number of fused-ring (bicyclic) bond motifs is 1. The van der Waals surface area contributed by atoms with Gasteiger partial charge in [0.2, 0.25) is 5.95 Å². The molecule has 3 rings (SSSR count). The maximum Gasteiger partial charge on any atom is 0.243 e. The van der Waals surface area contributed by atoms with Crippen molar-refractivity contribution in [3.8, 4) is 0 Å². The number of halogens is 2. The Bertz CT molecular complexity index is 756. The zero-order valence-electron chi connectivity index (χ0n) is 10.7. The molecular weight excluding hydrogens is 323 g/mol. The minimum Gasteiger partial charge on any atom is -0.346 e. The largest absolute Gasteiger partial charge is 0.346 e. The number of benzene rings is 1. The van der Waals surface area contributed by atoms with Gasteiger partial charge in [-0.05, 0) is 52.7 Å². The number of nitrogens with one attached hydrogen (secondary N) is 1. The minimum absolute atomic E-state index is 0.0773. The summed E-state index contributed by atoms with van der Waals surface area (Å²) in [6, 6.07) is 10.2. The van der Waals surface area contributed by atoms with E-state index in [4.69, 9.17) is 0 Å². The number of rotatable bonds is 3. The van der Waals surface area contributed by atoms with Gasteiger partial charge in [0.15, 0.2) is 5.65 Å². The number of anilines is 1. The first-order chi connectivity index (χ1) is 9.61. The second-order valence-corrected chi connectivity index (χ2v) is 5.42. The lowest BCUT2D eigenvalue weighted by atomic mass is 10.1. The van der Waals surface area contributed by atoms with Gasteiger partial charge in [0.25, 0.3) is 0 Å². The lowest BCUT2D eigenvalue weighted by Crippen LogP contribution is -2.08. The van der Waals surface area contributed by atoms with E-state index in [0.717, 1.165) is 15.7 Å². The molecule has 0 aliphatic heterocycles. The summed E-state index contributed by atoms with van der Waals surface area (Å²) in [4.78, 5) is 4.37. The van der Waals surface area contributed by atoms with E-state index in [-0.39, 0.29) is 11.9 Å². The lowest BCUT2D eigenvalue weighted by Gasteiger charge is -2.12. The van der Waals surface area contributed by atoms with Crippen LogP contribution in [0.5, 0.6) is 0 Å². The molecule has 2 aromatic heterocycles. The summed E-state index contributed by atoms with van der Waals surface area (Å²) in [5.41, 5.74) is 1.60. The fourth-order valence-corrected chi connectivity index (χ4v) is 2.30. The van der Waals surface area contributed by atoms with Gasteiger partial charge < -0.3 is 5.32 Å². The number of nitrogens with zero attached hydrogens (tertiary/aromatic N) is 3. The molecule has 0 radical (unpaired) electrons. The van der Waals surface area contributed by atoms with E-state index in [1.165, 1.54) is 12.1 Å². The summed E-state index contributed by atoms with van der Waals surface area (Å²) in [6.45, 7) is 1.94. The monoisotopic (exact) mass is 334 g/mol. The number of aromatic nitrogens is 3. The van der Waals surface area contributed by atoms with Crippen molar-refractivity contribution < 1.29 is 4.39 Å². The molecule has 0 aliphatic rings. The van der Waals surface area contributed by atoms with Gasteiger partial charge in [-0.3, -0.25) is 0 Å². The van der Waals surface area contributed by atoms with Gasteiger partial charge in [-0.2, -0.15) is 4.98 Å². The van der Waals surface area contributed by atoms with Gasteiger partial charge in [0.1, 0.15) is 5.82 Å². The van der Waals surface area contributed by atoms with Crippen LogP contribution in [0.1, 0.15) is 18.5 Å². The SMILES string of the molecule is CC(Nc1nc2ccc(Br)cn2n1)c1cccc(F)c1. The summed E-state index contributed by atoms with van der Waals surface area (Å²) < 4.78 is 15.8. The van der Waals surface area contributed by atoms with Gasteiger partial charge in [-0.25, -0.2) is 8.91 Å². The predicted octanol–water partition coefficient (Wildman–Crippen LogP) is 3.80. The zero-order valence-corrected chi connectivity index (χ0v) is 12.3. The summed E-state index contributed by atoms with van der Waals surface area (Å²) in [5, 5.41) is 7.50. The normalized spacial score (nSPS) is 12.6. The van der Waals surface area contributed by atoms with Crippen LogP contribution < -0.4 is 5.32 Å². The van der Waals surface area contributed by atoms with Crippen LogP contribution in [0, 0.1) is 5.82 Å². The average Bonchev–Trinajstić information content (AvgIpc) is 2.80. The summed E-state index contributed by atoms with van der Waals surface area (Å²) in [7, 11) is 0. The van der Waals surface area contributed by atoms with Crippen molar-refractivity contribution in [3.63, 3.8) is 0 Å². The third-order valence-electron chi connectivity index (χ3n) is 2.99. The highest BCUT2D eigenvalue weighted by atomic mass is 79.9. The Morgan fingerprint density at radius 3 is 2.95 bits per heavy atom. The van der Waals surface area contributed by atoms with Crippen LogP contribution in [0.25, 0.3) is 5.65 Å². The molecule has 0 bridgehead atoms. The van der Waals surface area contributed by atoms with Crippen LogP contribution in [0.2, 0.25) is 0 Å². The van der Waals surface area contributed by atoms with Gasteiger partial charge >= 0.3 is 0 Å². The smallest absolute Gasteiger partial charge is 0.243 e. The zero-order chi connectivity index (χ0) is 14.1. The maximum absolute atomic E-state index is 13.2. The van der Waals surface area contributed by atoms with Crippen LogP contribution in [0.15, 0.2) is 47.1 Å². The molecule has 4 nitrogen and oxygen atoms in total. The predicted molar refractivity (Wildman–Crippen MR) is 79.1 cm³/mol. The van der Waals surface area contributed by atoms with Crippen molar-refractivity contribution >= 4 is 27.5 Å². The Labute approximate surface area is 123 Å². The van der Waals surface area contributed by atoms with E-state index >= 15 is 0 Å². The molecule has 1 unspecified atom stereocenters. The van der Waals surface area contributed by atoms with Crippen molar-refractivity contribution in [3.05, 3.63) is 58.4 Å². The highest BCUT2D eigenvalue weighted by Gasteiger charge is 2.10. The second-order valence-electron chi connectivity index (χ2n) is 4.51. The van der Waals surface area contributed by atoms with E-state index in [1.807, 2.05) is 31.3 Å². The van der Waals surface area contributed by atoms with Gasteiger partial charge in [0.05, 0.1) is 6.04 Å². The topological polar surface area (TPSA) is 42.2 Å². The van der Waals surface area contributed by atoms with E-state index in [1.54, 1.807) is 10.6 Å². The first-order valence-corrected chi connectivity index (χ1v) is 6.95. The molecule has 0 spiro atoms. The first-order valence-electron chi connectivity index (χ1n) is 6.16. The summed E-state index contributed by atoms with van der Waals surface area (Å²) in [5.74, 6) is 0.267. The van der Waals surface area contributed by atoms with Crippen LogP contribution in [-0.2, 0) is 0 Å². The highest BCUT2D eigenvalue weighted by Crippen LogP contribution is 2.19. The molecule has 0 aliphatic carbocycles. The second kappa shape index (κ2) is 5.20. The van der Waals surface area contributed by atoms with E-state index in [9.17, 15) is 4.39 Å². The van der Waals surface area contributed by atoms with Crippen molar-refractivity contribution in [2.45, 2.75) is 13.0 Å². The van der Waals surface area contributed by atoms with E-state index in [2.05, 4.69) is 31.3 Å². The van der Waals surface area contributed by atoms with Crippen LogP contribution in [0.3, 0.4) is 0 Å². The molecule has 0 saturated carbocycles. The first kappa shape index (κ1) is 13.1. The summed E-state index contributed by atoms with van der Waals surface area (Å²) in [6.07, 6.45) is 1.83. The molecule has 1 N–H and O–H groups in total. The van der Waals surface area contributed by atoms with E-state index in [0.29, 0.717) is 5.95 Å². The minimum atomic E-state index is -0.247. The van der Waals surface area contributed by atoms with Crippen LogP contribution in [-0.4, -0.2) is 14.6 Å². The van der Waals surface area contributed by atoms with Crippen molar-refractivity contribution in [2.24, 2.45) is 0 Å². The molecule has 6 heteroatoms. The average molecular weight is 335 g/mol. The summed E-state index contributed by atoms with van der Waals surface area (Å²) >= 11 is 3.39. The molecule has 20 heavy (non-hydrogen) atoms. The fourth-order valence-electron chi connectivity index (χ4n) is 1.97. The standard InChI is InChI=1S/C14H12BrFN4/c1-9(10-3-2-4-12(16)7-10)17-14-18-13-6-5-11(15)8-20(13)19-14/h2-9H,1H3,(H,17,19). The number of pyridine rings is 1. The van der Waals surface area contributed by atoms with Gasteiger partial charge in [0, 0.05) is 10.7 Å². The Morgan fingerprint density at radius 2 is 2.15 bits per heavy atom. The van der Waals surface area contributed by atoms with Crippen molar-refractivity contribution in [2.75, 3.05) is 5.32 Å². The van der Waals surface area contributed by atoms with Gasteiger partial charge in [-0.15, -0.1) is 5.10 Å². The third kappa shape index (κ3) is 2.65. The Morgan fingerprint density at radius 1 is 1.30 bits per heavy atom. The Hall–Kier alpha value is -1.95.